The summed E-state index contributed by atoms with van der Waals surface area (Å²) in [5.74, 6) is 0. The molecule has 0 saturated carbocycles. The van der Waals surface area contributed by atoms with Crippen LogP contribution in [0.1, 0.15) is 1.43 Å². The molecule has 0 aliphatic carbocycles. The van der Waals surface area contributed by atoms with Gasteiger partial charge in [0.15, 0.2) is 0 Å². The molecule has 0 spiro atoms. The topological polar surface area (TPSA) is 124 Å². The van der Waals surface area contributed by atoms with Crippen LogP contribution < -0.4 is 0 Å². The van der Waals surface area contributed by atoms with Crippen molar-refractivity contribution in [3.05, 3.63) is 0 Å². The van der Waals surface area contributed by atoms with Gasteiger partial charge in [0.25, 0.3) is 0 Å². The van der Waals surface area contributed by atoms with Crippen molar-refractivity contribution < 1.29 is 34.4 Å². The summed E-state index contributed by atoms with van der Waals surface area (Å²) in [6.07, 6.45) is 0. The molecular formula is H6KO7P2+. The van der Waals surface area contributed by atoms with Gasteiger partial charge in [-0.15, -0.1) is 0 Å². The molecule has 10 heavy (non-hydrogen) atoms. The van der Waals surface area contributed by atoms with Crippen molar-refractivity contribution in [1.29, 1.82) is 0 Å². The maximum absolute atomic E-state index is 9.63. The molecule has 0 saturated heterocycles. The summed E-state index contributed by atoms with van der Waals surface area (Å²) in [4.78, 5) is 31.0. The van der Waals surface area contributed by atoms with Crippen LogP contribution in [0.25, 0.3) is 0 Å². The first kappa shape index (κ1) is 14.4. The van der Waals surface area contributed by atoms with Gasteiger partial charge in [0.1, 0.15) is 0 Å². The summed E-state index contributed by atoms with van der Waals surface area (Å²) in [7, 11) is -10.1. The Morgan fingerprint density at radius 2 is 1.20 bits per heavy atom. The van der Waals surface area contributed by atoms with Crippen LogP contribution in [0, 0.1) is 0 Å². The Hall–Kier alpha value is 1.90. The zero-order valence-electron chi connectivity index (χ0n) is 4.91. The van der Waals surface area contributed by atoms with Gasteiger partial charge in [0.2, 0.25) is 0 Å². The molecule has 0 aliphatic heterocycles. The van der Waals surface area contributed by atoms with Crippen molar-refractivity contribution in [2.24, 2.45) is 0 Å². The minimum absolute atomic E-state index is 0. The fourth-order valence-electron chi connectivity index (χ4n) is 0.139. The molecule has 0 amide bonds. The standard InChI is InChI=1S/K.H4O7P2.H/c;1-8(2,3)7-9(4,5)6;/h;(H2,1,2,3)(H2,4,5,6);/p+1. The molecule has 0 bridgehead atoms. The molecule has 0 aromatic heterocycles. The molecule has 0 fully saturated rings. The van der Waals surface area contributed by atoms with E-state index < -0.39 is 15.6 Å². The second-order valence-corrected chi connectivity index (χ2v) is 3.68. The van der Waals surface area contributed by atoms with E-state index in [2.05, 4.69) is 4.31 Å². The zero-order valence-corrected chi connectivity index (χ0v) is 5.70. The first-order valence-electron chi connectivity index (χ1n) is 1.53. The van der Waals surface area contributed by atoms with E-state index in [1.807, 2.05) is 0 Å². The molecule has 0 aromatic rings. The van der Waals surface area contributed by atoms with Gasteiger partial charge in [-0.25, -0.2) is 9.13 Å². The Bertz CT molecular complexity index is 157. The predicted molar refractivity (Wildman–Crippen MR) is 33.4 cm³/mol. The molecule has 0 unspecified atom stereocenters. The Morgan fingerprint density at radius 1 is 1.00 bits per heavy atom. The molecule has 0 rings (SSSR count). The molecule has 4 N–H and O–H groups in total. The fourth-order valence-corrected chi connectivity index (χ4v) is 1.25. The third kappa shape index (κ3) is 12.6. The van der Waals surface area contributed by atoms with Crippen molar-refractivity contribution in [2.75, 3.05) is 0 Å². The van der Waals surface area contributed by atoms with Gasteiger partial charge >= 0.3 is 68.5 Å². The first-order valence-corrected chi connectivity index (χ1v) is 4.59. The summed E-state index contributed by atoms with van der Waals surface area (Å²) in [5, 5.41) is 0. The predicted octanol–water partition coefficient (Wildman–Crippen LogP) is -1.35. The monoisotopic (exact) mass is 219 g/mol. The average Bonchev–Trinajstić information content (AvgIpc) is 1.14. The second kappa shape index (κ2) is 4.81. The Balaban J connectivity index is -0.000000320. The van der Waals surface area contributed by atoms with E-state index in [0.29, 0.717) is 0 Å². The zero-order chi connectivity index (χ0) is 7.71. The van der Waals surface area contributed by atoms with E-state index in [1.54, 1.807) is 0 Å². The van der Waals surface area contributed by atoms with Crippen molar-refractivity contribution >= 4 is 67.0 Å². The van der Waals surface area contributed by atoms with E-state index in [0.717, 1.165) is 0 Å². The van der Waals surface area contributed by atoms with E-state index in [4.69, 9.17) is 19.6 Å². The van der Waals surface area contributed by atoms with E-state index in [-0.39, 0.29) is 52.8 Å². The number of rotatable bonds is 2. The van der Waals surface area contributed by atoms with Crippen molar-refractivity contribution in [1.82, 2.24) is 0 Å². The third-order valence-electron chi connectivity index (χ3n) is 0.213. The molecule has 0 heterocycles. The van der Waals surface area contributed by atoms with Gasteiger partial charge in [-0.1, -0.05) is 0 Å². The number of hydrogen-bond donors (Lipinski definition) is 4. The van der Waals surface area contributed by atoms with Crippen LogP contribution in [0.3, 0.4) is 0 Å². The summed E-state index contributed by atoms with van der Waals surface area (Å²) < 4.78 is 22.2. The van der Waals surface area contributed by atoms with E-state index >= 15 is 0 Å². The average molecular weight is 219 g/mol. The molecule has 0 aromatic carbocycles. The van der Waals surface area contributed by atoms with E-state index in [9.17, 15) is 9.13 Å². The van der Waals surface area contributed by atoms with Gasteiger partial charge in [-0.2, -0.15) is 4.31 Å². The van der Waals surface area contributed by atoms with Crippen LogP contribution >= 0.6 is 15.6 Å². The quantitative estimate of drug-likeness (QED) is 0.334. The summed E-state index contributed by atoms with van der Waals surface area (Å²) >= 11 is 0. The Morgan fingerprint density at radius 3 is 1.20 bits per heavy atom. The minimum atomic E-state index is -5.05. The van der Waals surface area contributed by atoms with E-state index in [1.165, 1.54) is 0 Å². The summed E-state index contributed by atoms with van der Waals surface area (Å²) in [6, 6.07) is 0. The third-order valence-corrected chi connectivity index (χ3v) is 1.91. The molecular weight excluding hydrogens is 213 g/mol. The van der Waals surface area contributed by atoms with Crippen LogP contribution in [0.4, 0.5) is 0 Å². The normalized spacial score (nSPS) is 12.4. The van der Waals surface area contributed by atoms with Crippen LogP contribution in [0.2, 0.25) is 0 Å². The van der Waals surface area contributed by atoms with Gasteiger partial charge < -0.3 is 19.6 Å². The van der Waals surface area contributed by atoms with Gasteiger partial charge in [0, 0.05) is 0 Å². The summed E-state index contributed by atoms with van der Waals surface area (Å²) in [6.45, 7) is 0. The fraction of sp³-hybridized carbons (Fsp3) is 0. The van der Waals surface area contributed by atoms with Gasteiger partial charge in [-0.05, 0) is 0 Å². The Kier molecular flexibility index (Phi) is 6.94. The van der Waals surface area contributed by atoms with Crippen molar-refractivity contribution in [2.45, 2.75) is 0 Å². The summed E-state index contributed by atoms with van der Waals surface area (Å²) in [5.41, 5.74) is 0. The molecule has 58 valence electrons. The number of phosphoric acid groups is 2. The van der Waals surface area contributed by atoms with Crippen molar-refractivity contribution in [3.8, 4) is 0 Å². The molecule has 0 aliphatic rings. The van der Waals surface area contributed by atoms with Crippen LogP contribution in [-0.4, -0.2) is 71.0 Å². The van der Waals surface area contributed by atoms with Crippen molar-refractivity contribution in [3.63, 3.8) is 0 Å². The van der Waals surface area contributed by atoms with Gasteiger partial charge in [0.05, 0.1) is 0 Å². The second-order valence-electron chi connectivity index (χ2n) is 1.06. The number of hydrogen-bond acceptors (Lipinski definition) is 3. The molecule has 7 nitrogen and oxygen atoms in total. The Labute approximate surface area is 100 Å². The first-order chi connectivity index (χ1) is 3.71. The van der Waals surface area contributed by atoms with Crippen LogP contribution in [-0.2, 0) is 13.4 Å². The van der Waals surface area contributed by atoms with Gasteiger partial charge in [-0.3, -0.25) is 0 Å². The molecule has 10 heteroatoms. The van der Waals surface area contributed by atoms with Crippen LogP contribution in [0.15, 0.2) is 0 Å². The SMILES string of the molecule is O=P(O)(O)OP(=O)(O)O.[H+].[KH]. The maximum atomic E-state index is 9.63. The molecule has 0 atom stereocenters. The van der Waals surface area contributed by atoms with Crippen LogP contribution in [0.5, 0.6) is 0 Å². The molecule has 0 radical (unpaired) electrons.